The Hall–Kier alpha value is -0.570. The SMILES string of the molecule is CN(C)C(=O)CCNCC1CCCCC1. The molecule has 1 aliphatic carbocycles. The Morgan fingerprint density at radius 1 is 1.27 bits per heavy atom. The summed E-state index contributed by atoms with van der Waals surface area (Å²) in [5.74, 6) is 1.07. The van der Waals surface area contributed by atoms with Crippen molar-refractivity contribution in [3.63, 3.8) is 0 Å². The molecule has 15 heavy (non-hydrogen) atoms. The second-order valence-electron chi connectivity index (χ2n) is 4.75. The van der Waals surface area contributed by atoms with Crippen LogP contribution >= 0.6 is 0 Å². The van der Waals surface area contributed by atoms with Crippen LogP contribution in [0.1, 0.15) is 38.5 Å². The molecule has 0 bridgehead atoms. The van der Waals surface area contributed by atoms with E-state index in [1.165, 1.54) is 32.1 Å². The number of carbonyl (C=O) groups is 1. The Balaban J connectivity index is 1.98. The van der Waals surface area contributed by atoms with Crippen molar-refractivity contribution in [3.05, 3.63) is 0 Å². The van der Waals surface area contributed by atoms with Crippen molar-refractivity contribution in [2.24, 2.45) is 5.92 Å². The normalized spacial score (nSPS) is 17.7. The predicted octanol–water partition coefficient (Wildman–Crippen LogP) is 1.63. The quantitative estimate of drug-likeness (QED) is 0.703. The molecule has 0 heterocycles. The third kappa shape index (κ3) is 5.17. The van der Waals surface area contributed by atoms with E-state index in [2.05, 4.69) is 5.32 Å². The fraction of sp³-hybridized carbons (Fsp3) is 0.917. The van der Waals surface area contributed by atoms with Gasteiger partial charge >= 0.3 is 0 Å². The lowest BCUT2D eigenvalue weighted by Gasteiger charge is -2.21. The van der Waals surface area contributed by atoms with Crippen LogP contribution in [-0.2, 0) is 4.79 Å². The topological polar surface area (TPSA) is 32.3 Å². The highest BCUT2D eigenvalue weighted by atomic mass is 16.2. The van der Waals surface area contributed by atoms with Gasteiger partial charge in [0, 0.05) is 27.1 Å². The third-order valence-electron chi connectivity index (χ3n) is 3.17. The lowest BCUT2D eigenvalue weighted by molar-refractivity contribution is -0.128. The van der Waals surface area contributed by atoms with Crippen LogP contribution in [0.2, 0.25) is 0 Å². The predicted molar refractivity (Wildman–Crippen MR) is 62.8 cm³/mol. The molecule has 3 nitrogen and oxygen atoms in total. The van der Waals surface area contributed by atoms with E-state index in [1.54, 1.807) is 4.90 Å². The highest BCUT2D eigenvalue weighted by Crippen LogP contribution is 2.22. The minimum atomic E-state index is 0.214. The van der Waals surface area contributed by atoms with Gasteiger partial charge < -0.3 is 10.2 Å². The fourth-order valence-corrected chi connectivity index (χ4v) is 2.12. The van der Waals surface area contributed by atoms with Gasteiger partial charge in [-0.2, -0.15) is 0 Å². The molecule has 3 heteroatoms. The smallest absolute Gasteiger partial charge is 0.223 e. The second-order valence-corrected chi connectivity index (χ2v) is 4.75. The molecule has 0 saturated heterocycles. The van der Waals surface area contributed by atoms with Gasteiger partial charge in [-0.3, -0.25) is 4.79 Å². The average Bonchev–Trinajstić information content (AvgIpc) is 2.25. The van der Waals surface area contributed by atoms with Gasteiger partial charge in [0.05, 0.1) is 0 Å². The molecule has 0 unspecified atom stereocenters. The van der Waals surface area contributed by atoms with Crippen LogP contribution in [0.4, 0.5) is 0 Å². The second kappa shape index (κ2) is 6.83. The molecule has 0 spiro atoms. The number of hydrogen-bond donors (Lipinski definition) is 1. The lowest BCUT2D eigenvalue weighted by atomic mass is 9.89. The van der Waals surface area contributed by atoms with Gasteiger partial charge in [0.2, 0.25) is 5.91 Å². The molecule has 0 aromatic carbocycles. The molecule has 1 fully saturated rings. The van der Waals surface area contributed by atoms with Crippen molar-refractivity contribution < 1.29 is 4.79 Å². The molecule has 1 rings (SSSR count). The van der Waals surface area contributed by atoms with Crippen LogP contribution in [0.25, 0.3) is 0 Å². The average molecular weight is 212 g/mol. The summed E-state index contributed by atoms with van der Waals surface area (Å²) in [4.78, 5) is 12.9. The Morgan fingerprint density at radius 2 is 1.93 bits per heavy atom. The number of nitrogens with zero attached hydrogens (tertiary/aromatic N) is 1. The van der Waals surface area contributed by atoms with Gasteiger partial charge in [-0.1, -0.05) is 19.3 Å². The van der Waals surface area contributed by atoms with Gasteiger partial charge in [-0.05, 0) is 25.3 Å². The molecule has 0 aromatic rings. The first-order chi connectivity index (χ1) is 7.20. The number of rotatable bonds is 5. The molecule has 1 saturated carbocycles. The van der Waals surface area contributed by atoms with E-state index in [9.17, 15) is 4.79 Å². The molecular formula is C12H24N2O. The summed E-state index contributed by atoms with van der Waals surface area (Å²) in [6, 6.07) is 0. The fourth-order valence-electron chi connectivity index (χ4n) is 2.12. The Morgan fingerprint density at radius 3 is 2.53 bits per heavy atom. The Bertz CT molecular complexity index is 186. The van der Waals surface area contributed by atoms with Crippen LogP contribution in [-0.4, -0.2) is 38.0 Å². The monoisotopic (exact) mass is 212 g/mol. The molecule has 88 valence electrons. The van der Waals surface area contributed by atoms with E-state index in [0.29, 0.717) is 6.42 Å². The van der Waals surface area contributed by atoms with Gasteiger partial charge in [-0.15, -0.1) is 0 Å². The Labute approximate surface area is 93.2 Å². The number of amides is 1. The molecule has 0 atom stereocenters. The van der Waals surface area contributed by atoms with Crippen molar-refractivity contribution >= 4 is 5.91 Å². The van der Waals surface area contributed by atoms with Crippen molar-refractivity contribution in [2.75, 3.05) is 27.2 Å². The maximum absolute atomic E-state index is 11.3. The minimum Gasteiger partial charge on any atom is -0.349 e. The van der Waals surface area contributed by atoms with E-state index >= 15 is 0 Å². The van der Waals surface area contributed by atoms with Crippen molar-refractivity contribution in [2.45, 2.75) is 38.5 Å². The van der Waals surface area contributed by atoms with Crippen LogP contribution in [0.5, 0.6) is 0 Å². The van der Waals surface area contributed by atoms with Gasteiger partial charge in [-0.25, -0.2) is 0 Å². The third-order valence-corrected chi connectivity index (χ3v) is 3.17. The van der Waals surface area contributed by atoms with E-state index in [1.807, 2.05) is 14.1 Å². The molecule has 1 N–H and O–H groups in total. The Kier molecular flexibility index (Phi) is 5.69. The molecular weight excluding hydrogens is 188 g/mol. The summed E-state index contributed by atoms with van der Waals surface area (Å²) < 4.78 is 0. The van der Waals surface area contributed by atoms with E-state index in [4.69, 9.17) is 0 Å². The first-order valence-electron chi connectivity index (χ1n) is 6.11. The molecule has 0 aromatic heterocycles. The first kappa shape index (κ1) is 12.5. The number of hydrogen-bond acceptors (Lipinski definition) is 2. The highest BCUT2D eigenvalue weighted by molar-refractivity contribution is 5.75. The van der Waals surface area contributed by atoms with Gasteiger partial charge in [0.15, 0.2) is 0 Å². The van der Waals surface area contributed by atoms with E-state index < -0.39 is 0 Å². The van der Waals surface area contributed by atoms with Crippen LogP contribution in [0.3, 0.4) is 0 Å². The number of carbonyl (C=O) groups excluding carboxylic acids is 1. The highest BCUT2D eigenvalue weighted by Gasteiger charge is 2.12. The van der Waals surface area contributed by atoms with E-state index in [-0.39, 0.29) is 5.91 Å². The maximum Gasteiger partial charge on any atom is 0.223 e. The van der Waals surface area contributed by atoms with Gasteiger partial charge in [0.1, 0.15) is 0 Å². The van der Waals surface area contributed by atoms with Crippen molar-refractivity contribution in [1.82, 2.24) is 10.2 Å². The molecule has 0 aliphatic heterocycles. The van der Waals surface area contributed by atoms with Crippen molar-refractivity contribution in [3.8, 4) is 0 Å². The summed E-state index contributed by atoms with van der Waals surface area (Å²) in [7, 11) is 3.62. The summed E-state index contributed by atoms with van der Waals surface area (Å²) in [5, 5.41) is 3.39. The van der Waals surface area contributed by atoms with Gasteiger partial charge in [0.25, 0.3) is 0 Å². The summed E-state index contributed by atoms with van der Waals surface area (Å²) >= 11 is 0. The van der Waals surface area contributed by atoms with Crippen LogP contribution in [0.15, 0.2) is 0 Å². The zero-order valence-corrected chi connectivity index (χ0v) is 10.1. The molecule has 0 radical (unpaired) electrons. The number of nitrogens with one attached hydrogen (secondary N) is 1. The summed E-state index contributed by atoms with van der Waals surface area (Å²) in [6.45, 7) is 1.92. The van der Waals surface area contributed by atoms with E-state index in [0.717, 1.165) is 19.0 Å². The minimum absolute atomic E-state index is 0.214. The maximum atomic E-state index is 11.3. The largest absolute Gasteiger partial charge is 0.349 e. The lowest BCUT2D eigenvalue weighted by Crippen LogP contribution is -2.30. The van der Waals surface area contributed by atoms with Crippen LogP contribution < -0.4 is 5.32 Å². The zero-order valence-electron chi connectivity index (χ0n) is 10.1. The van der Waals surface area contributed by atoms with Crippen molar-refractivity contribution in [1.29, 1.82) is 0 Å². The standard InChI is InChI=1S/C12H24N2O/c1-14(2)12(15)8-9-13-10-11-6-4-3-5-7-11/h11,13H,3-10H2,1-2H3. The zero-order chi connectivity index (χ0) is 11.1. The summed E-state index contributed by atoms with van der Waals surface area (Å²) in [5.41, 5.74) is 0. The molecule has 1 amide bonds. The van der Waals surface area contributed by atoms with Crippen LogP contribution in [0, 0.1) is 5.92 Å². The molecule has 1 aliphatic rings. The first-order valence-corrected chi connectivity index (χ1v) is 6.11. The summed E-state index contributed by atoms with van der Waals surface area (Å²) in [6.07, 6.45) is 7.56.